The maximum absolute atomic E-state index is 13.5. The fraction of sp³-hybridized carbons (Fsp3) is 0.615. The lowest BCUT2D eigenvalue weighted by atomic mass is 9.95. The van der Waals surface area contributed by atoms with E-state index in [1.54, 1.807) is 4.90 Å². The number of piperidine rings is 1. The van der Waals surface area contributed by atoms with Crippen molar-refractivity contribution < 1.29 is 22.0 Å². The molecule has 8 heteroatoms. The van der Waals surface area contributed by atoms with Crippen LogP contribution in [0.2, 0.25) is 0 Å². The molecule has 0 amide bonds. The maximum atomic E-state index is 13.5. The molecule has 0 bridgehead atoms. The summed E-state index contributed by atoms with van der Waals surface area (Å²) < 4.78 is 65.5. The number of hydrogen-bond acceptors (Lipinski definition) is 2. The predicted molar refractivity (Wildman–Crippen MR) is 72.6 cm³/mol. The van der Waals surface area contributed by atoms with Gasteiger partial charge in [-0.3, -0.25) is 0 Å². The van der Waals surface area contributed by atoms with Crippen molar-refractivity contribution >= 4 is 21.7 Å². The van der Waals surface area contributed by atoms with Crippen LogP contribution in [0.5, 0.6) is 0 Å². The molecule has 1 atom stereocenters. The van der Waals surface area contributed by atoms with E-state index in [9.17, 15) is 22.0 Å². The topological polar surface area (TPSA) is 16.1 Å². The van der Waals surface area contributed by atoms with Crippen molar-refractivity contribution in [3.63, 3.8) is 0 Å². The molecule has 2 nitrogen and oxygen atoms in total. The average Bonchev–Trinajstić information content (AvgIpc) is 2.34. The maximum Gasteiger partial charge on any atom is 0.418 e. The Kier molecular flexibility index (Phi) is 4.21. The Morgan fingerprint density at radius 2 is 2.00 bits per heavy atom. The number of aryl methyl sites for hydroxylation is 1. The van der Waals surface area contributed by atoms with Gasteiger partial charge in [0.25, 0.3) is 5.92 Å². The molecule has 1 aromatic rings. The molecule has 1 aromatic heterocycles. The first-order valence-electron chi connectivity index (χ1n) is 6.39. The summed E-state index contributed by atoms with van der Waals surface area (Å²) in [5.41, 5.74) is -0.987. The Labute approximate surface area is 127 Å². The normalized spacial score (nSPS) is 22.5. The van der Waals surface area contributed by atoms with Gasteiger partial charge in [-0.2, -0.15) is 13.2 Å². The third-order valence-corrected chi connectivity index (χ3v) is 4.27. The predicted octanol–water partition coefficient (Wildman–Crippen LogP) is 4.65. The SMILES string of the molecule is Cc1nc(N2CCC(F)(F)C(C)C2)c(Br)cc1C(F)(F)F. The minimum atomic E-state index is -4.49. The Balaban J connectivity index is 2.32. The van der Waals surface area contributed by atoms with Crippen LogP contribution < -0.4 is 4.90 Å². The summed E-state index contributed by atoms with van der Waals surface area (Å²) in [7, 11) is 0. The molecule has 118 valence electrons. The molecule has 2 rings (SSSR count). The summed E-state index contributed by atoms with van der Waals surface area (Å²) in [5, 5.41) is 0. The van der Waals surface area contributed by atoms with Gasteiger partial charge in [-0.05, 0) is 28.9 Å². The van der Waals surface area contributed by atoms with E-state index in [2.05, 4.69) is 20.9 Å². The highest BCUT2D eigenvalue weighted by Gasteiger charge is 2.42. The summed E-state index contributed by atoms with van der Waals surface area (Å²) >= 11 is 3.07. The van der Waals surface area contributed by atoms with Crippen LogP contribution in [0.25, 0.3) is 0 Å². The van der Waals surface area contributed by atoms with Crippen LogP contribution >= 0.6 is 15.9 Å². The molecule has 2 heterocycles. The van der Waals surface area contributed by atoms with Crippen molar-refractivity contribution in [2.24, 2.45) is 5.92 Å². The smallest absolute Gasteiger partial charge is 0.355 e. The molecule has 1 saturated heterocycles. The van der Waals surface area contributed by atoms with Crippen LogP contribution in [0, 0.1) is 12.8 Å². The van der Waals surface area contributed by atoms with Gasteiger partial charge in [0.05, 0.1) is 15.7 Å². The van der Waals surface area contributed by atoms with E-state index in [1.165, 1.54) is 13.8 Å². The second kappa shape index (κ2) is 5.37. The van der Waals surface area contributed by atoms with Gasteiger partial charge in [-0.15, -0.1) is 0 Å². The molecule has 0 spiro atoms. The first-order chi connectivity index (χ1) is 9.52. The first-order valence-corrected chi connectivity index (χ1v) is 7.19. The van der Waals surface area contributed by atoms with Crippen molar-refractivity contribution in [1.82, 2.24) is 4.98 Å². The fourth-order valence-corrected chi connectivity index (χ4v) is 2.92. The van der Waals surface area contributed by atoms with E-state index >= 15 is 0 Å². The molecular weight excluding hydrogens is 359 g/mol. The largest absolute Gasteiger partial charge is 0.418 e. The molecule has 1 fully saturated rings. The molecule has 1 aliphatic heterocycles. The van der Waals surface area contributed by atoms with E-state index in [1.807, 2.05) is 0 Å². The van der Waals surface area contributed by atoms with Gasteiger partial charge in [-0.25, -0.2) is 13.8 Å². The average molecular weight is 373 g/mol. The second-order valence-corrected chi connectivity index (χ2v) is 6.14. The number of hydrogen-bond donors (Lipinski definition) is 0. The van der Waals surface area contributed by atoms with E-state index in [4.69, 9.17) is 0 Å². The van der Waals surface area contributed by atoms with Crippen molar-refractivity contribution in [2.45, 2.75) is 32.4 Å². The molecule has 1 unspecified atom stereocenters. The van der Waals surface area contributed by atoms with Crippen molar-refractivity contribution in [3.8, 4) is 0 Å². The molecule has 0 aliphatic carbocycles. The Hall–Kier alpha value is -0.920. The number of anilines is 1. The standard InChI is InChI=1S/C13H14BrF5N2/c1-7-6-21(4-3-12(7,15)16)11-10(14)5-9(8(2)20-11)13(17,18)19/h5,7H,3-4,6H2,1-2H3. The minimum absolute atomic E-state index is 0.0589. The van der Waals surface area contributed by atoms with Gasteiger partial charge < -0.3 is 4.90 Å². The summed E-state index contributed by atoms with van der Waals surface area (Å²) in [6.07, 6.45) is -4.82. The van der Waals surface area contributed by atoms with Crippen molar-refractivity contribution in [2.75, 3.05) is 18.0 Å². The van der Waals surface area contributed by atoms with Crippen LogP contribution in [0.3, 0.4) is 0 Å². The molecule has 0 aromatic carbocycles. The third kappa shape index (κ3) is 3.30. The van der Waals surface area contributed by atoms with Crippen LogP contribution in [0.4, 0.5) is 27.8 Å². The lowest BCUT2D eigenvalue weighted by Gasteiger charge is -2.37. The lowest BCUT2D eigenvalue weighted by molar-refractivity contribution is -0.138. The number of aromatic nitrogens is 1. The van der Waals surface area contributed by atoms with Crippen molar-refractivity contribution in [1.29, 1.82) is 0 Å². The second-order valence-electron chi connectivity index (χ2n) is 5.28. The molecule has 1 aliphatic rings. The zero-order chi connectivity index (χ0) is 16.0. The quantitative estimate of drug-likeness (QED) is 0.666. The number of pyridine rings is 1. The van der Waals surface area contributed by atoms with E-state index in [-0.39, 0.29) is 35.5 Å². The molecular formula is C13H14BrF5N2. The first kappa shape index (κ1) is 16.5. The highest BCUT2D eigenvalue weighted by Crippen LogP contribution is 2.39. The van der Waals surface area contributed by atoms with Crippen LogP contribution in [-0.2, 0) is 6.18 Å². The number of alkyl halides is 5. The molecule has 21 heavy (non-hydrogen) atoms. The monoisotopic (exact) mass is 372 g/mol. The van der Waals surface area contributed by atoms with Gasteiger partial charge >= 0.3 is 6.18 Å². The summed E-state index contributed by atoms with van der Waals surface area (Å²) in [6, 6.07) is 0.953. The fourth-order valence-electron chi connectivity index (χ4n) is 2.36. The van der Waals surface area contributed by atoms with E-state index in [0.29, 0.717) is 0 Å². The zero-order valence-electron chi connectivity index (χ0n) is 11.4. The Morgan fingerprint density at radius 3 is 2.52 bits per heavy atom. The lowest BCUT2D eigenvalue weighted by Crippen LogP contribution is -2.46. The van der Waals surface area contributed by atoms with Crippen molar-refractivity contribution in [3.05, 3.63) is 21.8 Å². The van der Waals surface area contributed by atoms with Gasteiger partial charge in [-0.1, -0.05) is 6.92 Å². The van der Waals surface area contributed by atoms with Crippen LogP contribution in [0.15, 0.2) is 10.5 Å². The highest BCUT2D eigenvalue weighted by molar-refractivity contribution is 9.10. The van der Waals surface area contributed by atoms with E-state index < -0.39 is 23.6 Å². The van der Waals surface area contributed by atoms with Crippen LogP contribution in [-0.4, -0.2) is 24.0 Å². The highest BCUT2D eigenvalue weighted by atomic mass is 79.9. The number of rotatable bonds is 1. The number of halogens is 6. The van der Waals surface area contributed by atoms with Gasteiger partial charge in [0.1, 0.15) is 5.82 Å². The zero-order valence-corrected chi connectivity index (χ0v) is 13.0. The van der Waals surface area contributed by atoms with Gasteiger partial charge in [0.2, 0.25) is 0 Å². The molecule has 0 N–H and O–H groups in total. The van der Waals surface area contributed by atoms with Gasteiger partial charge in [0.15, 0.2) is 0 Å². The third-order valence-electron chi connectivity index (χ3n) is 3.68. The Bertz CT molecular complexity index is 544. The number of nitrogens with zero attached hydrogens (tertiary/aromatic N) is 2. The van der Waals surface area contributed by atoms with Gasteiger partial charge in [0, 0.05) is 25.4 Å². The van der Waals surface area contributed by atoms with E-state index in [0.717, 1.165) is 6.07 Å². The summed E-state index contributed by atoms with van der Waals surface area (Å²) in [6.45, 7) is 2.81. The Morgan fingerprint density at radius 1 is 1.38 bits per heavy atom. The summed E-state index contributed by atoms with van der Waals surface area (Å²) in [4.78, 5) is 5.56. The minimum Gasteiger partial charge on any atom is -0.355 e. The molecule has 0 saturated carbocycles. The summed E-state index contributed by atoms with van der Waals surface area (Å²) in [5.74, 6) is -3.34. The van der Waals surface area contributed by atoms with Crippen LogP contribution in [0.1, 0.15) is 24.6 Å². The molecule has 0 radical (unpaired) electrons.